The molecule has 1 N–H and O–H groups in total. The van der Waals surface area contributed by atoms with Crippen LogP contribution in [0.2, 0.25) is 5.02 Å². The minimum atomic E-state index is -0.862. The van der Waals surface area contributed by atoms with E-state index in [2.05, 4.69) is 16.9 Å². The van der Waals surface area contributed by atoms with Gasteiger partial charge in [0.15, 0.2) is 5.65 Å². The number of hydrogen-bond acceptors (Lipinski definition) is 3. The molecule has 2 heterocycles. The van der Waals surface area contributed by atoms with Gasteiger partial charge >= 0.3 is 5.97 Å². The van der Waals surface area contributed by atoms with Crippen molar-refractivity contribution in [2.45, 2.75) is 46.1 Å². The summed E-state index contributed by atoms with van der Waals surface area (Å²) >= 11 is 5.96. The first-order chi connectivity index (χ1) is 9.95. The van der Waals surface area contributed by atoms with E-state index in [0.717, 1.165) is 25.1 Å². The zero-order valence-electron chi connectivity index (χ0n) is 12.5. The molecule has 5 nitrogen and oxygen atoms in total. The molecule has 0 radical (unpaired) electrons. The van der Waals surface area contributed by atoms with E-state index in [1.165, 1.54) is 6.20 Å². The van der Waals surface area contributed by atoms with Crippen LogP contribution in [0.3, 0.4) is 0 Å². The van der Waals surface area contributed by atoms with E-state index in [1.807, 2.05) is 13.8 Å². The summed E-state index contributed by atoms with van der Waals surface area (Å²) in [5.74, 6) is -0.153. The van der Waals surface area contributed by atoms with Crippen LogP contribution < -0.4 is 0 Å². The fraction of sp³-hybridized carbons (Fsp3) is 0.533. The Labute approximate surface area is 129 Å². The third-order valence-electron chi connectivity index (χ3n) is 3.49. The Morgan fingerprint density at radius 1 is 1.48 bits per heavy atom. The van der Waals surface area contributed by atoms with Crippen LogP contribution in [0.5, 0.6) is 0 Å². The maximum Gasteiger partial charge on any atom is 0.327 e. The summed E-state index contributed by atoms with van der Waals surface area (Å²) in [7, 11) is 0. The van der Waals surface area contributed by atoms with Crippen molar-refractivity contribution in [1.82, 2.24) is 14.5 Å². The van der Waals surface area contributed by atoms with Crippen LogP contribution in [0.4, 0.5) is 0 Å². The monoisotopic (exact) mass is 309 g/mol. The highest BCUT2D eigenvalue weighted by Crippen LogP contribution is 2.27. The number of rotatable bonds is 6. The van der Waals surface area contributed by atoms with Gasteiger partial charge in [-0.2, -0.15) is 0 Å². The first kappa shape index (κ1) is 15.8. The second kappa shape index (κ2) is 6.43. The first-order valence-corrected chi connectivity index (χ1v) is 7.58. The summed E-state index contributed by atoms with van der Waals surface area (Å²) in [6, 6.07) is 1.06. The third kappa shape index (κ3) is 3.18. The van der Waals surface area contributed by atoms with E-state index in [-0.39, 0.29) is 5.92 Å². The lowest BCUT2D eigenvalue weighted by Crippen LogP contribution is -2.26. The van der Waals surface area contributed by atoms with Crippen molar-refractivity contribution in [2.24, 2.45) is 5.92 Å². The van der Waals surface area contributed by atoms with Crippen LogP contribution in [0.25, 0.3) is 11.2 Å². The van der Waals surface area contributed by atoms with Crippen molar-refractivity contribution in [3.05, 3.63) is 23.1 Å². The van der Waals surface area contributed by atoms with Gasteiger partial charge in [-0.1, -0.05) is 38.8 Å². The molecule has 21 heavy (non-hydrogen) atoms. The molecule has 1 unspecified atom stereocenters. The molecule has 2 rings (SSSR count). The Morgan fingerprint density at radius 2 is 2.19 bits per heavy atom. The molecule has 0 aromatic carbocycles. The van der Waals surface area contributed by atoms with Gasteiger partial charge in [0.05, 0.1) is 5.02 Å². The molecule has 6 heteroatoms. The van der Waals surface area contributed by atoms with Gasteiger partial charge in [-0.25, -0.2) is 14.8 Å². The maximum atomic E-state index is 11.7. The van der Waals surface area contributed by atoms with Gasteiger partial charge in [0.1, 0.15) is 17.4 Å². The molecule has 0 bridgehead atoms. The molecule has 0 spiro atoms. The van der Waals surface area contributed by atoms with E-state index in [4.69, 9.17) is 11.6 Å². The largest absolute Gasteiger partial charge is 0.480 e. The number of unbranched alkanes of at least 4 members (excludes halogenated alkanes) is 1. The number of nitrogens with zero attached hydrogens (tertiary/aromatic N) is 3. The summed E-state index contributed by atoms with van der Waals surface area (Å²) in [5, 5.41) is 10.1. The molecule has 0 fully saturated rings. The van der Waals surface area contributed by atoms with Crippen molar-refractivity contribution < 1.29 is 9.90 Å². The molecule has 0 aliphatic rings. The number of carboxylic acids is 1. The van der Waals surface area contributed by atoms with Crippen LogP contribution in [0.15, 0.2) is 12.3 Å². The lowest BCUT2D eigenvalue weighted by atomic mass is 10.0. The number of fused-ring (bicyclic) bond motifs is 1. The molecule has 2 aromatic rings. The molecule has 1 atom stereocenters. The zero-order chi connectivity index (χ0) is 15.6. The third-order valence-corrected chi connectivity index (χ3v) is 3.69. The average molecular weight is 310 g/mol. The van der Waals surface area contributed by atoms with Crippen molar-refractivity contribution in [3.8, 4) is 0 Å². The van der Waals surface area contributed by atoms with Crippen molar-refractivity contribution in [1.29, 1.82) is 0 Å². The highest BCUT2D eigenvalue weighted by Gasteiger charge is 2.28. The Morgan fingerprint density at radius 3 is 2.76 bits per heavy atom. The van der Waals surface area contributed by atoms with Crippen LogP contribution in [-0.4, -0.2) is 25.6 Å². The Bertz CT molecular complexity index is 652. The summed E-state index contributed by atoms with van der Waals surface area (Å²) in [5.41, 5.74) is 1.24. The molecular formula is C15H20ClN3O2. The number of carboxylic acid groups (broad SMARTS) is 1. The summed E-state index contributed by atoms with van der Waals surface area (Å²) in [4.78, 5) is 20.5. The number of pyridine rings is 1. The van der Waals surface area contributed by atoms with Crippen LogP contribution >= 0.6 is 11.6 Å². The molecule has 0 aliphatic carbocycles. The molecule has 0 amide bonds. The van der Waals surface area contributed by atoms with E-state index < -0.39 is 12.0 Å². The van der Waals surface area contributed by atoms with Gasteiger partial charge in [-0.15, -0.1) is 0 Å². The second-order valence-electron chi connectivity index (χ2n) is 5.52. The Kier molecular flexibility index (Phi) is 4.83. The van der Waals surface area contributed by atoms with Gasteiger partial charge in [-0.3, -0.25) is 4.57 Å². The first-order valence-electron chi connectivity index (χ1n) is 7.20. The quantitative estimate of drug-likeness (QED) is 0.883. The minimum absolute atomic E-state index is 0.0576. The number of hydrogen-bond donors (Lipinski definition) is 1. The highest BCUT2D eigenvalue weighted by molar-refractivity contribution is 6.31. The zero-order valence-corrected chi connectivity index (χ0v) is 13.3. The molecule has 0 saturated heterocycles. The predicted octanol–water partition coefficient (Wildman–Crippen LogP) is 3.71. The van der Waals surface area contributed by atoms with Gasteiger partial charge in [-0.05, 0) is 18.4 Å². The molecule has 0 saturated carbocycles. The molecular weight excluding hydrogens is 290 g/mol. The van der Waals surface area contributed by atoms with Crippen LogP contribution in [0, 0.1) is 5.92 Å². The lowest BCUT2D eigenvalue weighted by Gasteiger charge is -2.20. The van der Waals surface area contributed by atoms with E-state index in [1.54, 1.807) is 10.6 Å². The molecule has 114 valence electrons. The fourth-order valence-corrected chi connectivity index (χ4v) is 2.65. The summed E-state index contributed by atoms with van der Waals surface area (Å²) < 4.78 is 1.76. The highest BCUT2D eigenvalue weighted by atomic mass is 35.5. The smallest absolute Gasteiger partial charge is 0.327 e. The number of aliphatic carboxylic acids is 1. The number of aromatic nitrogens is 3. The van der Waals surface area contributed by atoms with E-state index in [9.17, 15) is 9.90 Å². The Balaban J connectivity index is 2.63. The number of imidazole rings is 1. The number of halogens is 1. The van der Waals surface area contributed by atoms with Gasteiger partial charge in [0.2, 0.25) is 0 Å². The predicted molar refractivity (Wildman–Crippen MR) is 82.7 cm³/mol. The fourth-order valence-electron chi connectivity index (χ4n) is 2.50. The summed E-state index contributed by atoms with van der Waals surface area (Å²) in [6.45, 7) is 5.88. The number of carbonyl (C=O) groups is 1. The van der Waals surface area contributed by atoms with E-state index >= 15 is 0 Å². The number of aryl methyl sites for hydroxylation is 1. The second-order valence-corrected chi connectivity index (χ2v) is 5.96. The van der Waals surface area contributed by atoms with Gasteiger partial charge in [0, 0.05) is 12.6 Å². The van der Waals surface area contributed by atoms with Crippen LogP contribution in [-0.2, 0) is 11.2 Å². The molecule has 2 aromatic heterocycles. The maximum absolute atomic E-state index is 11.7. The topological polar surface area (TPSA) is 68.0 Å². The molecule has 0 aliphatic heterocycles. The average Bonchev–Trinajstić information content (AvgIpc) is 2.73. The lowest BCUT2D eigenvalue weighted by molar-refractivity contribution is -0.142. The van der Waals surface area contributed by atoms with Gasteiger partial charge < -0.3 is 5.11 Å². The van der Waals surface area contributed by atoms with Gasteiger partial charge in [0.25, 0.3) is 0 Å². The summed E-state index contributed by atoms with van der Waals surface area (Å²) in [6.07, 6.45) is 4.25. The van der Waals surface area contributed by atoms with Crippen molar-refractivity contribution in [2.75, 3.05) is 0 Å². The minimum Gasteiger partial charge on any atom is -0.480 e. The van der Waals surface area contributed by atoms with E-state index in [0.29, 0.717) is 16.2 Å². The van der Waals surface area contributed by atoms with Crippen molar-refractivity contribution in [3.63, 3.8) is 0 Å². The normalized spacial score (nSPS) is 13.0. The van der Waals surface area contributed by atoms with Crippen LogP contribution in [0.1, 0.15) is 45.5 Å². The Hall–Kier alpha value is -1.62. The standard InChI is InChI=1S/C15H20ClN3O2/c1-4-5-6-12-18-11-7-10(16)8-17-14(11)19(12)13(9(2)3)15(20)21/h7-9,13H,4-6H2,1-3H3,(H,20,21). The van der Waals surface area contributed by atoms with Crippen molar-refractivity contribution >= 4 is 28.7 Å². The SMILES string of the molecule is CCCCc1nc2cc(Cl)cnc2n1C(C(=O)O)C(C)C.